The molecular formula is C13H27ClN2O2. The van der Waals surface area contributed by atoms with Crippen LogP contribution in [0.15, 0.2) is 0 Å². The number of ether oxygens (including phenoxy) is 1. The third kappa shape index (κ3) is 6.57. The third-order valence-corrected chi connectivity index (χ3v) is 3.54. The van der Waals surface area contributed by atoms with Gasteiger partial charge in [-0.05, 0) is 25.2 Å². The Morgan fingerprint density at radius 1 is 1.39 bits per heavy atom. The summed E-state index contributed by atoms with van der Waals surface area (Å²) < 4.78 is 4.93. The maximum Gasteiger partial charge on any atom is 0.236 e. The fraction of sp³-hybridized carbons (Fsp3) is 0.923. The minimum Gasteiger partial charge on any atom is -0.383 e. The van der Waals surface area contributed by atoms with Crippen LogP contribution < -0.4 is 5.32 Å². The number of nitrogens with zero attached hydrogens (tertiary/aromatic N) is 1. The van der Waals surface area contributed by atoms with Gasteiger partial charge in [-0.25, -0.2) is 0 Å². The monoisotopic (exact) mass is 278 g/mol. The van der Waals surface area contributed by atoms with Crippen LogP contribution in [0.3, 0.4) is 0 Å². The molecular weight excluding hydrogens is 252 g/mol. The van der Waals surface area contributed by atoms with E-state index in [2.05, 4.69) is 12.2 Å². The smallest absolute Gasteiger partial charge is 0.236 e. The van der Waals surface area contributed by atoms with Crippen molar-refractivity contribution in [3.05, 3.63) is 0 Å². The molecule has 1 saturated heterocycles. The third-order valence-electron chi connectivity index (χ3n) is 3.54. The largest absolute Gasteiger partial charge is 0.383 e. The molecule has 0 bridgehead atoms. The summed E-state index contributed by atoms with van der Waals surface area (Å²) in [7, 11) is 1.67. The molecule has 0 radical (unpaired) electrons. The second kappa shape index (κ2) is 10.6. The Hall–Kier alpha value is -0.320. The summed E-state index contributed by atoms with van der Waals surface area (Å²) >= 11 is 0. The van der Waals surface area contributed by atoms with E-state index in [1.807, 2.05) is 4.90 Å². The zero-order valence-corrected chi connectivity index (χ0v) is 12.4. The topological polar surface area (TPSA) is 41.6 Å². The lowest BCUT2D eigenvalue weighted by atomic mass is 9.98. The molecule has 18 heavy (non-hydrogen) atoms. The molecule has 1 amide bonds. The predicted octanol–water partition coefficient (Wildman–Crippen LogP) is 1.68. The van der Waals surface area contributed by atoms with Gasteiger partial charge in [-0.1, -0.05) is 13.3 Å². The molecule has 0 aromatic heterocycles. The fourth-order valence-corrected chi connectivity index (χ4v) is 2.30. The standard InChI is InChI=1S/C13H26N2O2.ClH/c1-3-12-5-4-8-15(9-6-12)13(16)11-14-7-10-17-2;/h12,14H,3-11H2,1-2H3;1H. The number of hydrogen-bond acceptors (Lipinski definition) is 3. The molecule has 0 spiro atoms. The Morgan fingerprint density at radius 2 is 2.17 bits per heavy atom. The van der Waals surface area contributed by atoms with Gasteiger partial charge in [-0.15, -0.1) is 12.4 Å². The Balaban J connectivity index is 0.00000289. The number of hydrogen-bond donors (Lipinski definition) is 1. The zero-order chi connectivity index (χ0) is 12.5. The van der Waals surface area contributed by atoms with Crippen LogP contribution in [-0.2, 0) is 9.53 Å². The summed E-state index contributed by atoms with van der Waals surface area (Å²) in [5, 5.41) is 3.11. The molecule has 108 valence electrons. The lowest BCUT2D eigenvalue weighted by Crippen LogP contribution is -2.39. The summed E-state index contributed by atoms with van der Waals surface area (Å²) in [4.78, 5) is 13.9. The van der Waals surface area contributed by atoms with E-state index in [0.717, 1.165) is 32.0 Å². The highest BCUT2D eigenvalue weighted by Crippen LogP contribution is 2.19. The Morgan fingerprint density at radius 3 is 2.83 bits per heavy atom. The van der Waals surface area contributed by atoms with Crippen LogP contribution in [0, 0.1) is 5.92 Å². The molecule has 1 aliphatic heterocycles. The van der Waals surface area contributed by atoms with Crippen molar-refractivity contribution in [3.8, 4) is 0 Å². The zero-order valence-electron chi connectivity index (χ0n) is 11.6. The molecule has 0 aliphatic carbocycles. The average Bonchev–Trinajstić information content (AvgIpc) is 2.59. The Labute approximate surface area is 117 Å². The molecule has 5 heteroatoms. The predicted molar refractivity (Wildman–Crippen MR) is 76.2 cm³/mol. The van der Waals surface area contributed by atoms with Gasteiger partial charge in [0, 0.05) is 26.7 Å². The van der Waals surface area contributed by atoms with Crippen molar-refractivity contribution in [1.82, 2.24) is 10.2 Å². The first-order valence-corrected chi connectivity index (χ1v) is 6.75. The summed E-state index contributed by atoms with van der Waals surface area (Å²) in [6.07, 6.45) is 4.84. The van der Waals surface area contributed by atoms with E-state index in [4.69, 9.17) is 4.74 Å². The molecule has 1 rings (SSSR count). The van der Waals surface area contributed by atoms with Gasteiger partial charge in [0.05, 0.1) is 13.2 Å². The first kappa shape index (κ1) is 17.7. The number of halogens is 1. The van der Waals surface area contributed by atoms with E-state index in [-0.39, 0.29) is 18.3 Å². The number of carbonyl (C=O) groups excluding carboxylic acids is 1. The summed E-state index contributed by atoms with van der Waals surface area (Å²) in [6, 6.07) is 0. The number of methoxy groups -OCH3 is 1. The van der Waals surface area contributed by atoms with Gasteiger partial charge in [0.25, 0.3) is 0 Å². The second-order valence-corrected chi connectivity index (χ2v) is 4.76. The maximum absolute atomic E-state index is 11.9. The number of amides is 1. The van der Waals surface area contributed by atoms with E-state index in [1.54, 1.807) is 7.11 Å². The number of nitrogens with one attached hydrogen (secondary N) is 1. The molecule has 0 saturated carbocycles. The van der Waals surface area contributed by atoms with Crippen molar-refractivity contribution in [1.29, 1.82) is 0 Å². The SMILES string of the molecule is CCC1CCCN(C(=O)CNCCOC)CC1.Cl. The van der Waals surface area contributed by atoms with Crippen LogP contribution in [0.5, 0.6) is 0 Å². The number of carbonyl (C=O) groups is 1. The van der Waals surface area contributed by atoms with Gasteiger partial charge in [-0.2, -0.15) is 0 Å². The van der Waals surface area contributed by atoms with Gasteiger partial charge >= 0.3 is 0 Å². The van der Waals surface area contributed by atoms with Crippen molar-refractivity contribution >= 4 is 18.3 Å². The first-order valence-electron chi connectivity index (χ1n) is 6.75. The molecule has 1 N–H and O–H groups in total. The molecule has 1 heterocycles. The van der Waals surface area contributed by atoms with Crippen LogP contribution in [-0.4, -0.2) is 50.7 Å². The van der Waals surface area contributed by atoms with Gasteiger partial charge in [0.1, 0.15) is 0 Å². The number of likely N-dealkylation sites (tertiary alicyclic amines) is 1. The quantitative estimate of drug-likeness (QED) is 0.752. The van der Waals surface area contributed by atoms with Crippen LogP contribution in [0.2, 0.25) is 0 Å². The molecule has 1 aliphatic rings. The van der Waals surface area contributed by atoms with Crippen molar-refractivity contribution in [2.24, 2.45) is 5.92 Å². The van der Waals surface area contributed by atoms with Gasteiger partial charge < -0.3 is 15.0 Å². The van der Waals surface area contributed by atoms with Crippen molar-refractivity contribution < 1.29 is 9.53 Å². The lowest BCUT2D eigenvalue weighted by molar-refractivity contribution is -0.130. The fourth-order valence-electron chi connectivity index (χ4n) is 2.30. The normalized spacial score (nSPS) is 20.1. The Bertz CT molecular complexity index is 227. The molecule has 1 atom stereocenters. The second-order valence-electron chi connectivity index (χ2n) is 4.76. The first-order chi connectivity index (χ1) is 8.27. The van der Waals surface area contributed by atoms with Gasteiger partial charge in [0.2, 0.25) is 5.91 Å². The van der Waals surface area contributed by atoms with Crippen molar-refractivity contribution in [3.63, 3.8) is 0 Å². The lowest BCUT2D eigenvalue weighted by Gasteiger charge is -2.20. The minimum atomic E-state index is 0. The van der Waals surface area contributed by atoms with E-state index in [1.165, 1.54) is 19.3 Å². The van der Waals surface area contributed by atoms with Crippen LogP contribution in [0.4, 0.5) is 0 Å². The Kier molecular flexibility index (Phi) is 10.4. The maximum atomic E-state index is 11.9. The van der Waals surface area contributed by atoms with E-state index in [0.29, 0.717) is 13.2 Å². The van der Waals surface area contributed by atoms with Gasteiger partial charge in [-0.3, -0.25) is 4.79 Å². The van der Waals surface area contributed by atoms with Crippen LogP contribution >= 0.6 is 12.4 Å². The number of rotatable bonds is 6. The molecule has 4 nitrogen and oxygen atoms in total. The highest BCUT2D eigenvalue weighted by molar-refractivity contribution is 5.85. The van der Waals surface area contributed by atoms with Crippen LogP contribution in [0.25, 0.3) is 0 Å². The molecule has 0 aromatic carbocycles. The summed E-state index contributed by atoms with van der Waals surface area (Å²) in [5.41, 5.74) is 0. The minimum absolute atomic E-state index is 0. The van der Waals surface area contributed by atoms with E-state index in [9.17, 15) is 4.79 Å². The molecule has 0 aromatic rings. The van der Waals surface area contributed by atoms with Crippen molar-refractivity contribution in [2.45, 2.75) is 32.6 Å². The molecule has 1 fully saturated rings. The van der Waals surface area contributed by atoms with Crippen LogP contribution in [0.1, 0.15) is 32.6 Å². The summed E-state index contributed by atoms with van der Waals surface area (Å²) in [5.74, 6) is 1.05. The van der Waals surface area contributed by atoms with E-state index >= 15 is 0 Å². The highest BCUT2D eigenvalue weighted by Gasteiger charge is 2.18. The highest BCUT2D eigenvalue weighted by atomic mass is 35.5. The van der Waals surface area contributed by atoms with E-state index < -0.39 is 0 Å². The average molecular weight is 279 g/mol. The van der Waals surface area contributed by atoms with Gasteiger partial charge in [0.15, 0.2) is 0 Å². The summed E-state index contributed by atoms with van der Waals surface area (Å²) in [6.45, 7) is 5.96. The van der Waals surface area contributed by atoms with Crippen molar-refractivity contribution in [2.75, 3.05) is 39.9 Å². The molecule has 1 unspecified atom stereocenters.